The third-order valence-electron chi connectivity index (χ3n) is 5.39. The smallest absolute Gasteiger partial charge is 0.255 e. The highest BCUT2D eigenvalue weighted by Crippen LogP contribution is 2.44. The number of anilines is 1. The van der Waals surface area contributed by atoms with Gasteiger partial charge in [0.2, 0.25) is 5.88 Å². The van der Waals surface area contributed by atoms with Gasteiger partial charge in [0, 0.05) is 22.9 Å². The number of fused-ring (bicyclic) bond motifs is 1. The minimum atomic E-state index is -0.890. The molecule has 1 aliphatic rings. The predicted molar refractivity (Wildman–Crippen MR) is 118 cm³/mol. The maximum absolute atomic E-state index is 12.6. The number of amides is 1. The van der Waals surface area contributed by atoms with Crippen LogP contribution in [0.3, 0.4) is 0 Å². The number of aromatic nitrogens is 2. The van der Waals surface area contributed by atoms with Crippen LogP contribution in [0, 0.1) is 6.92 Å². The Morgan fingerprint density at radius 3 is 2.68 bits per heavy atom. The predicted octanol–water partition coefficient (Wildman–Crippen LogP) is 3.96. The first-order valence-corrected chi connectivity index (χ1v) is 10.4. The van der Waals surface area contributed by atoms with E-state index in [2.05, 4.69) is 10.4 Å². The molecule has 0 fully saturated rings. The normalized spacial score (nSPS) is 19.3. The number of aliphatic hydroxyl groups is 1. The maximum atomic E-state index is 12.6. The molecule has 3 aromatic rings. The molecular formula is C24H27N3O4. The largest absolute Gasteiger partial charge is 0.485 e. The van der Waals surface area contributed by atoms with Crippen LogP contribution in [0.15, 0.2) is 54.6 Å². The van der Waals surface area contributed by atoms with Crippen LogP contribution in [0.25, 0.3) is 0 Å². The number of hydrogen-bond acceptors (Lipinski definition) is 5. The molecule has 0 saturated carbocycles. The van der Waals surface area contributed by atoms with E-state index in [1.54, 1.807) is 22.9 Å². The topological polar surface area (TPSA) is 85.6 Å². The van der Waals surface area contributed by atoms with Crippen LogP contribution in [0.5, 0.6) is 11.6 Å². The van der Waals surface area contributed by atoms with Gasteiger partial charge in [0.15, 0.2) is 0 Å². The minimum Gasteiger partial charge on any atom is -0.485 e. The number of nitrogens with zero attached hydrogens (tertiary/aromatic N) is 2. The number of aryl methyl sites for hydroxylation is 1. The van der Waals surface area contributed by atoms with Gasteiger partial charge < -0.3 is 19.9 Å². The Morgan fingerprint density at radius 1 is 1.23 bits per heavy atom. The fraction of sp³-hybridized carbons (Fsp3) is 0.333. The lowest BCUT2D eigenvalue weighted by atomic mass is 9.86. The molecule has 2 atom stereocenters. The van der Waals surface area contributed by atoms with Crippen LogP contribution in [-0.2, 0) is 0 Å². The third-order valence-corrected chi connectivity index (χ3v) is 5.39. The van der Waals surface area contributed by atoms with E-state index in [4.69, 9.17) is 9.47 Å². The van der Waals surface area contributed by atoms with E-state index in [-0.39, 0.29) is 5.91 Å². The molecular weight excluding hydrogens is 394 g/mol. The van der Waals surface area contributed by atoms with Crippen LogP contribution >= 0.6 is 0 Å². The summed E-state index contributed by atoms with van der Waals surface area (Å²) < 4.78 is 13.6. The molecule has 162 valence electrons. The van der Waals surface area contributed by atoms with Gasteiger partial charge in [-0.3, -0.25) is 4.79 Å². The van der Waals surface area contributed by atoms with Gasteiger partial charge in [-0.1, -0.05) is 18.2 Å². The van der Waals surface area contributed by atoms with Crippen molar-refractivity contribution in [2.45, 2.75) is 45.4 Å². The summed E-state index contributed by atoms with van der Waals surface area (Å²) in [6.07, 6.45) is -0.890. The Balaban J connectivity index is 1.76. The molecule has 0 radical (unpaired) electrons. The van der Waals surface area contributed by atoms with Gasteiger partial charge in [0.05, 0.1) is 12.3 Å². The molecule has 2 aromatic carbocycles. The molecule has 2 heterocycles. The van der Waals surface area contributed by atoms with Crippen molar-refractivity contribution < 1.29 is 19.4 Å². The monoisotopic (exact) mass is 421 g/mol. The van der Waals surface area contributed by atoms with Gasteiger partial charge in [0.1, 0.15) is 23.5 Å². The second-order valence-corrected chi connectivity index (χ2v) is 8.17. The Bertz CT molecular complexity index is 1090. The third kappa shape index (κ3) is 4.01. The van der Waals surface area contributed by atoms with Gasteiger partial charge in [-0.25, -0.2) is 4.68 Å². The highest BCUT2D eigenvalue weighted by Gasteiger charge is 2.45. The molecule has 0 aliphatic carbocycles. The average Bonchev–Trinajstić information content (AvgIpc) is 3.10. The SMILES string of the molecule is CCOc1cc(C)nn1[C@@H]1c2cc(NC(=O)c3ccccc3)ccc2OC(C)(C)[C@H]1O. The van der Waals surface area contributed by atoms with Crippen molar-refractivity contribution >= 4 is 11.6 Å². The lowest BCUT2D eigenvalue weighted by Gasteiger charge is -2.42. The summed E-state index contributed by atoms with van der Waals surface area (Å²) in [5.41, 5.74) is 1.85. The van der Waals surface area contributed by atoms with Crippen molar-refractivity contribution in [1.29, 1.82) is 0 Å². The maximum Gasteiger partial charge on any atom is 0.255 e. The Kier molecular flexibility index (Phi) is 5.45. The zero-order valence-corrected chi connectivity index (χ0v) is 18.1. The van der Waals surface area contributed by atoms with E-state index < -0.39 is 17.7 Å². The van der Waals surface area contributed by atoms with Crippen molar-refractivity contribution in [2.24, 2.45) is 0 Å². The summed E-state index contributed by atoms with van der Waals surface area (Å²) in [6.45, 7) is 7.95. The molecule has 1 aromatic heterocycles. The van der Waals surface area contributed by atoms with E-state index >= 15 is 0 Å². The quantitative estimate of drug-likeness (QED) is 0.651. The van der Waals surface area contributed by atoms with E-state index in [1.807, 2.05) is 64.1 Å². The fourth-order valence-electron chi connectivity index (χ4n) is 3.85. The van der Waals surface area contributed by atoms with Gasteiger partial charge in [-0.15, -0.1) is 0 Å². The zero-order valence-electron chi connectivity index (χ0n) is 18.1. The van der Waals surface area contributed by atoms with Crippen LogP contribution in [0.1, 0.15) is 48.4 Å². The first-order chi connectivity index (χ1) is 14.8. The van der Waals surface area contributed by atoms with Crippen molar-refractivity contribution in [1.82, 2.24) is 9.78 Å². The molecule has 0 unspecified atom stereocenters. The summed E-state index contributed by atoms with van der Waals surface area (Å²) in [6, 6.07) is 15.8. The summed E-state index contributed by atoms with van der Waals surface area (Å²) in [7, 11) is 0. The zero-order chi connectivity index (χ0) is 22.2. The average molecular weight is 421 g/mol. The van der Waals surface area contributed by atoms with Crippen LogP contribution < -0.4 is 14.8 Å². The second-order valence-electron chi connectivity index (χ2n) is 8.17. The number of nitrogens with one attached hydrogen (secondary N) is 1. The van der Waals surface area contributed by atoms with Crippen LogP contribution in [0.4, 0.5) is 5.69 Å². The summed E-state index contributed by atoms with van der Waals surface area (Å²) >= 11 is 0. The van der Waals surface area contributed by atoms with Crippen LogP contribution in [0.2, 0.25) is 0 Å². The summed E-state index contributed by atoms with van der Waals surface area (Å²) in [4.78, 5) is 12.6. The number of carbonyl (C=O) groups is 1. The molecule has 31 heavy (non-hydrogen) atoms. The molecule has 0 saturated heterocycles. The summed E-state index contributed by atoms with van der Waals surface area (Å²) in [5, 5.41) is 18.7. The molecule has 1 aliphatic heterocycles. The lowest BCUT2D eigenvalue weighted by Crippen LogP contribution is -2.50. The molecule has 1 amide bonds. The molecule has 4 rings (SSSR count). The van der Waals surface area contributed by atoms with E-state index in [0.29, 0.717) is 29.5 Å². The molecule has 0 bridgehead atoms. The highest BCUT2D eigenvalue weighted by atomic mass is 16.5. The Hall–Kier alpha value is -3.32. The fourth-order valence-corrected chi connectivity index (χ4v) is 3.85. The summed E-state index contributed by atoms with van der Waals surface area (Å²) in [5.74, 6) is 1.000. The Morgan fingerprint density at radius 2 is 1.97 bits per heavy atom. The van der Waals surface area contributed by atoms with E-state index in [9.17, 15) is 9.90 Å². The first kappa shape index (κ1) is 20.9. The van der Waals surface area contributed by atoms with Crippen molar-refractivity contribution in [3.05, 3.63) is 71.4 Å². The van der Waals surface area contributed by atoms with Crippen molar-refractivity contribution in [3.8, 4) is 11.6 Å². The number of aliphatic hydroxyl groups excluding tert-OH is 1. The minimum absolute atomic E-state index is 0.209. The van der Waals surface area contributed by atoms with E-state index in [1.165, 1.54) is 0 Å². The number of ether oxygens (including phenoxy) is 2. The highest BCUT2D eigenvalue weighted by molar-refractivity contribution is 6.04. The van der Waals surface area contributed by atoms with Crippen molar-refractivity contribution in [3.63, 3.8) is 0 Å². The Labute approximate surface area is 181 Å². The molecule has 2 N–H and O–H groups in total. The lowest BCUT2D eigenvalue weighted by molar-refractivity contribution is -0.0670. The number of benzene rings is 2. The molecule has 7 nitrogen and oxygen atoms in total. The van der Waals surface area contributed by atoms with Crippen LogP contribution in [-0.4, -0.2) is 39.1 Å². The van der Waals surface area contributed by atoms with Crippen molar-refractivity contribution in [2.75, 3.05) is 11.9 Å². The number of carbonyl (C=O) groups excluding carboxylic acids is 1. The van der Waals surface area contributed by atoms with Gasteiger partial charge in [-0.05, 0) is 58.0 Å². The van der Waals surface area contributed by atoms with E-state index in [0.717, 1.165) is 11.3 Å². The first-order valence-electron chi connectivity index (χ1n) is 10.4. The van der Waals surface area contributed by atoms with Gasteiger partial charge in [-0.2, -0.15) is 5.10 Å². The standard InChI is InChI=1S/C24H27N3O4/c1-5-30-20-13-15(2)26-27(20)21-18-14-17(25-23(29)16-9-7-6-8-10-16)11-12-19(18)31-24(3,4)22(21)28/h6-14,21-22,28H,5H2,1-4H3,(H,25,29)/t21-,22+/m1/s1. The second kappa shape index (κ2) is 8.07. The number of rotatable bonds is 5. The molecule has 7 heteroatoms. The molecule has 0 spiro atoms. The van der Waals surface area contributed by atoms with Gasteiger partial charge >= 0.3 is 0 Å². The van der Waals surface area contributed by atoms with Gasteiger partial charge in [0.25, 0.3) is 5.91 Å². The number of hydrogen-bond donors (Lipinski definition) is 2.